The molecule has 1 aliphatic carbocycles. The Bertz CT molecular complexity index is 1120. The van der Waals surface area contributed by atoms with Crippen LogP contribution in [0, 0.1) is 5.82 Å². The Labute approximate surface area is 198 Å². The van der Waals surface area contributed by atoms with Crippen molar-refractivity contribution in [2.24, 2.45) is 0 Å². The lowest BCUT2D eigenvalue weighted by Gasteiger charge is -2.33. The minimum absolute atomic E-state index is 0.0429. The summed E-state index contributed by atoms with van der Waals surface area (Å²) in [4.78, 5) is 33.2. The lowest BCUT2D eigenvalue weighted by molar-refractivity contribution is -0.123. The third-order valence-electron chi connectivity index (χ3n) is 6.08. The molecule has 176 valence electrons. The Morgan fingerprint density at radius 2 is 1.79 bits per heavy atom. The molecular weight excluding hydrogens is 433 g/mol. The summed E-state index contributed by atoms with van der Waals surface area (Å²) >= 11 is 0. The normalized spacial score (nSPS) is 14.8. The number of halogens is 1. The third-order valence-corrected chi connectivity index (χ3v) is 6.08. The molecule has 0 spiro atoms. The van der Waals surface area contributed by atoms with Crippen molar-refractivity contribution in [1.29, 1.82) is 0 Å². The molecule has 1 heterocycles. The number of benzene rings is 2. The first kappa shape index (κ1) is 23.4. The van der Waals surface area contributed by atoms with E-state index >= 15 is 0 Å². The molecule has 3 aromatic rings. The van der Waals surface area contributed by atoms with Crippen LogP contribution in [0.4, 0.5) is 10.1 Å². The molecule has 0 bridgehead atoms. The summed E-state index contributed by atoms with van der Waals surface area (Å²) in [7, 11) is 1.54. The van der Waals surface area contributed by atoms with E-state index < -0.39 is 17.8 Å². The molecule has 1 fully saturated rings. The molecule has 1 atom stereocenters. The molecule has 1 saturated carbocycles. The molecule has 0 saturated heterocycles. The van der Waals surface area contributed by atoms with Gasteiger partial charge in [0.1, 0.15) is 23.3 Å². The quantitative estimate of drug-likeness (QED) is 0.534. The molecule has 0 unspecified atom stereocenters. The molecule has 7 heteroatoms. The number of hydrogen-bond donors (Lipinski definition) is 1. The fourth-order valence-corrected chi connectivity index (χ4v) is 4.35. The minimum atomic E-state index is -1.02. The minimum Gasteiger partial charge on any atom is -0.497 e. The maximum Gasteiger partial charge on any atom is 0.277 e. The predicted octanol–water partition coefficient (Wildman–Crippen LogP) is 5.07. The smallest absolute Gasteiger partial charge is 0.277 e. The standard InChI is InChI=1S/C27H28FN3O3/c1-34-23-11-7-10-22(18-23)31(27(33)24-12-5-6-17-29-24)25(19-13-15-20(28)16-14-19)26(32)30-21-8-3-2-4-9-21/h5-7,10-18,21,25H,2-4,8-9H2,1H3,(H,30,32)/t25-/m1/s1. The van der Waals surface area contributed by atoms with E-state index in [0.29, 0.717) is 17.0 Å². The number of aromatic nitrogens is 1. The monoisotopic (exact) mass is 461 g/mol. The number of methoxy groups -OCH3 is 1. The van der Waals surface area contributed by atoms with Crippen molar-refractivity contribution < 1.29 is 18.7 Å². The second-order valence-corrected chi connectivity index (χ2v) is 8.39. The summed E-state index contributed by atoms with van der Waals surface area (Å²) in [6.07, 6.45) is 6.59. The van der Waals surface area contributed by atoms with Crippen LogP contribution >= 0.6 is 0 Å². The van der Waals surface area contributed by atoms with E-state index in [0.717, 1.165) is 32.1 Å². The van der Waals surface area contributed by atoms with Crippen LogP contribution in [0.25, 0.3) is 0 Å². The van der Waals surface area contributed by atoms with Gasteiger partial charge in [-0.1, -0.05) is 43.5 Å². The van der Waals surface area contributed by atoms with Crippen LogP contribution in [0.3, 0.4) is 0 Å². The van der Waals surface area contributed by atoms with Crippen LogP contribution in [0.15, 0.2) is 72.9 Å². The van der Waals surface area contributed by atoms with Crippen molar-refractivity contribution >= 4 is 17.5 Å². The molecule has 2 amide bonds. The largest absolute Gasteiger partial charge is 0.497 e. The Morgan fingerprint density at radius 1 is 1.03 bits per heavy atom. The van der Waals surface area contributed by atoms with Crippen molar-refractivity contribution in [1.82, 2.24) is 10.3 Å². The number of ether oxygens (including phenoxy) is 1. The highest BCUT2D eigenvalue weighted by atomic mass is 19.1. The number of pyridine rings is 1. The van der Waals surface area contributed by atoms with Gasteiger partial charge >= 0.3 is 0 Å². The number of amides is 2. The molecule has 0 radical (unpaired) electrons. The SMILES string of the molecule is COc1cccc(N(C(=O)c2ccccn2)[C@@H](C(=O)NC2CCCCC2)c2ccc(F)cc2)c1. The maximum absolute atomic E-state index is 13.8. The van der Waals surface area contributed by atoms with Crippen LogP contribution in [-0.4, -0.2) is 29.9 Å². The maximum atomic E-state index is 13.8. The zero-order chi connectivity index (χ0) is 23.9. The summed E-state index contributed by atoms with van der Waals surface area (Å²) in [6, 6.07) is 16.7. The number of carbonyl (C=O) groups is 2. The fraction of sp³-hybridized carbons (Fsp3) is 0.296. The first-order valence-electron chi connectivity index (χ1n) is 11.5. The second kappa shape index (κ2) is 10.9. The van der Waals surface area contributed by atoms with Gasteiger partial charge in [0.15, 0.2) is 0 Å². The topological polar surface area (TPSA) is 71.5 Å². The number of carbonyl (C=O) groups excluding carboxylic acids is 2. The van der Waals surface area contributed by atoms with Crippen LogP contribution in [-0.2, 0) is 4.79 Å². The Kier molecular flexibility index (Phi) is 7.52. The van der Waals surface area contributed by atoms with Gasteiger partial charge in [-0.25, -0.2) is 4.39 Å². The second-order valence-electron chi connectivity index (χ2n) is 8.39. The van der Waals surface area contributed by atoms with Gasteiger partial charge in [0.05, 0.1) is 7.11 Å². The molecule has 1 aliphatic rings. The average Bonchev–Trinajstić information content (AvgIpc) is 2.88. The van der Waals surface area contributed by atoms with E-state index in [1.807, 2.05) is 0 Å². The Balaban J connectivity index is 1.81. The van der Waals surface area contributed by atoms with Crippen LogP contribution in [0.1, 0.15) is 54.2 Å². The highest BCUT2D eigenvalue weighted by Gasteiger charge is 2.35. The first-order chi connectivity index (χ1) is 16.6. The highest BCUT2D eigenvalue weighted by Crippen LogP contribution is 2.32. The van der Waals surface area contributed by atoms with Crippen molar-refractivity contribution in [3.63, 3.8) is 0 Å². The van der Waals surface area contributed by atoms with Gasteiger partial charge in [0.2, 0.25) is 5.91 Å². The van der Waals surface area contributed by atoms with Crippen molar-refractivity contribution in [2.75, 3.05) is 12.0 Å². The summed E-state index contributed by atoms with van der Waals surface area (Å²) < 4.78 is 19.1. The zero-order valence-electron chi connectivity index (χ0n) is 19.1. The van der Waals surface area contributed by atoms with Crippen molar-refractivity contribution in [3.05, 3.63) is 90.0 Å². The molecular formula is C27H28FN3O3. The average molecular weight is 462 g/mol. The summed E-state index contributed by atoms with van der Waals surface area (Å²) in [6.45, 7) is 0. The molecule has 6 nitrogen and oxygen atoms in total. The number of hydrogen-bond acceptors (Lipinski definition) is 4. The third kappa shape index (κ3) is 5.42. The molecule has 34 heavy (non-hydrogen) atoms. The number of anilines is 1. The molecule has 1 N–H and O–H groups in total. The summed E-state index contributed by atoms with van der Waals surface area (Å²) in [5.41, 5.74) is 1.17. The molecule has 2 aromatic carbocycles. The first-order valence-corrected chi connectivity index (χ1v) is 11.5. The van der Waals surface area contributed by atoms with E-state index in [9.17, 15) is 14.0 Å². The summed E-state index contributed by atoms with van der Waals surface area (Å²) in [5, 5.41) is 3.14. The molecule has 1 aromatic heterocycles. The molecule has 0 aliphatic heterocycles. The van der Waals surface area contributed by atoms with E-state index in [2.05, 4.69) is 10.3 Å². The van der Waals surface area contributed by atoms with Gasteiger partial charge in [-0.3, -0.25) is 19.5 Å². The van der Waals surface area contributed by atoms with Gasteiger partial charge < -0.3 is 10.1 Å². The number of nitrogens with zero attached hydrogens (tertiary/aromatic N) is 2. The van der Waals surface area contributed by atoms with E-state index in [-0.39, 0.29) is 17.6 Å². The predicted molar refractivity (Wildman–Crippen MR) is 128 cm³/mol. The Morgan fingerprint density at radius 3 is 2.47 bits per heavy atom. The lowest BCUT2D eigenvalue weighted by atomic mass is 9.94. The number of nitrogens with one attached hydrogen (secondary N) is 1. The fourth-order valence-electron chi connectivity index (χ4n) is 4.35. The Hall–Kier alpha value is -3.74. The van der Waals surface area contributed by atoms with Crippen molar-refractivity contribution in [2.45, 2.75) is 44.2 Å². The van der Waals surface area contributed by atoms with Gasteiger partial charge in [0, 0.05) is 24.0 Å². The summed E-state index contributed by atoms with van der Waals surface area (Å²) in [5.74, 6) is -0.631. The highest BCUT2D eigenvalue weighted by molar-refractivity contribution is 6.09. The number of rotatable bonds is 7. The van der Waals surface area contributed by atoms with Gasteiger partial charge in [-0.05, 0) is 54.8 Å². The van der Waals surface area contributed by atoms with Gasteiger partial charge in [-0.2, -0.15) is 0 Å². The van der Waals surface area contributed by atoms with Crippen LogP contribution in [0.5, 0.6) is 5.75 Å². The van der Waals surface area contributed by atoms with Gasteiger partial charge in [-0.15, -0.1) is 0 Å². The lowest BCUT2D eigenvalue weighted by Crippen LogP contribution is -2.47. The molecule has 4 rings (SSSR count). The van der Waals surface area contributed by atoms with E-state index in [4.69, 9.17) is 4.74 Å². The van der Waals surface area contributed by atoms with E-state index in [1.165, 1.54) is 30.3 Å². The van der Waals surface area contributed by atoms with Crippen LogP contribution in [0.2, 0.25) is 0 Å². The van der Waals surface area contributed by atoms with Crippen molar-refractivity contribution in [3.8, 4) is 5.75 Å². The van der Waals surface area contributed by atoms with Crippen LogP contribution < -0.4 is 15.0 Å². The van der Waals surface area contributed by atoms with Gasteiger partial charge in [0.25, 0.3) is 5.91 Å². The zero-order valence-corrected chi connectivity index (χ0v) is 19.1. The van der Waals surface area contributed by atoms with E-state index in [1.54, 1.807) is 54.6 Å².